The van der Waals surface area contributed by atoms with Crippen LogP contribution in [0.25, 0.3) is 0 Å². The topological polar surface area (TPSA) is 86.7 Å². The first-order valence-electron chi connectivity index (χ1n) is 6.30. The standard InChI is InChI=1S/C12H20N2O4/c1-3-10(15)14-7-5-4-6-9(14)11(16)13-8(2)12(17)18/h8-9H,3-7H2,1-2H3,(H,13,16)(H,17,18). The van der Waals surface area contributed by atoms with Gasteiger partial charge in [-0.1, -0.05) is 6.92 Å². The van der Waals surface area contributed by atoms with Crippen LogP contribution in [0, 0.1) is 0 Å². The largest absolute Gasteiger partial charge is 0.480 e. The summed E-state index contributed by atoms with van der Waals surface area (Å²) in [5.74, 6) is -1.50. The minimum absolute atomic E-state index is 0.0576. The monoisotopic (exact) mass is 256 g/mol. The second-order valence-corrected chi connectivity index (χ2v) is 4.52. The van der Waals surface area contributed by atoms with Crippen LogP contribution in [-0.2, 0) is 14.4 Å². The molecule has 1 saturated heterocycles. The van der Waals surface area contributed by atoms with Gasteiger partial charge in [0, 0.05) is 13.0 Å². The number of hydrogen-bond acceptors (Lipinski definition) is 3. The van der Waals surface area contributed by atoms with Crippen molar-refractivity contribution in [2.45, 2.75) is 51.6 Å². The van der Waals surface area contributed by atoms with E-state index in [1.807, 2.05) is 0 Å². The molecule has 1 rings (SSSR count). The van der Waals surface area contributed by atoms with Crippen LogP contribution in [0.5, 0.6) is 0 Å². The molecule has 0 bridgehead atoms. The van der Waals surface area contributed by atoms with Gasteiger partial charge < -0.3 is 15.3 Å². The van der Waals surface area contributed by atoms with Gasteiger partial charge in [0.1, 0.15) is 12.1 Å². The van der Waals surface area contributed by atoms with Crippen LogP contribution in [-0.4, -0.2) is 46.4 Å². The van der Waals surface area contributed by atoms with Gasteiger partial charge in [-0.05, 0) is 26.2 Å². The highest BCUT2D eigenvalue weighted by Crippen LogP contribution is 2.18. The fourth-order valence-corrected chi connectivity index (χ4v) is 2.08. The minimum atomic E-state index is -1.08. The Hall–Kier alpha value is -1.59. The number of rotatable bonds is 4. The Morgan fingerprint density at radius 3 is 2.61 bits per heavy atom. The van der Waals surface area contributed by atoms with Crippen LogP contribution in [0.4, 0.5) is 0 Å². The summed E-state index contributed by atoms with van der Waals surface area (Å²) in [6.45, 7) is 3.74. The van der Waals surface area contributed by atoms with Crippen LogP contribution >= 0.6 is 0 Å². The van der Waals surface area contributed by atoms with E-state index in [-0.39, 0.29) is 11.8 Å². The van der Waals surface area contributed by atoms with Crippen molar-refractivity contribution in [2.75, 3.05) is 6.54 Å². The fourth-order valence-electron chi connectivity index (χ4n) is 2.08. The highest BCUT2D eigenvalue weighted by molar-refractivity contribution is 5.90. The first-order valence-corrected chi connectivity index (χ1v) is 6.30. The molecule has 2 amide bonds. The number of carbonyl (C=O) groups excluding carboxylic acids is 2. The number of carboxylic acids is 1. The summed E-state index contributed by atoms with van der Waals surface area (Å²) in [4.78, 5) is 36.0. The molecular formula is C12H20N2O4. The molecule has 2 unspecified atom stereocenters. The van der Waals surface area contributed by atoms with E-state index in [4.69, 9.17) is 5.11 Å². The number of piperidine rings is 1. The van der Waals surface area contributed by atoms with E-state index in [1.165, 1.54) is 6.92 Å². The number of nitrogens with one attached hydrogen (secondary N) is 1. The summed E-state index contributed by atoms with van der Waals surface area (Å²) >= 11 is 0. The molecule has 0 radical (unpaired) electrons. The fraction of sp³-hybridized carbons (Fsp3) is 0.750. The zero-order valence-corrected chi connectivity index (χ0v) is 10.8. The van der Waals surface area contributed by atoms with Crippen molar-refractivity contribution in [3.8, 4) is 0 Å². The highest BCUT2D eigenvalue weighted by atomic mass is 16.4. The SMILES string of the molecule is CCC(=O)N1CCCCC1C(=O)NC(C)C(=O)O. The number of nitrogens with zero attached hydrogens (tertiary/aromatic N) is 1. The third kappa shape index (κ3) is 3.45. The zero-order valence-electron chi connectivity index (χ0n) is 10.8. The van der Waals surface area contributed by atoms with E-state index in [0.717, 1.165) is 12.8 Å². The summed E-state index contributed by atoms with van der Waals surface area (Å²) < 4.78 is 0. The Morgan fingerprint density at radius 1 is 1.39 bits per heavy atom. The third-order valence-corrected chi connectivity index (χ3v) is 3.16. The van der Waals surface area contributed by atoms with Gasteiger partial charge in [-0.15, -0.1) is 0 Å². The lowest BCUT2D eigenvalue weighted by molar-refractivity contribution is -0.145. The van der Waals surface area contributed by atoms with E-state index >= 15 is 0 Å². The number of carboxylic acid groups (broad SMARTS) is 1. The van der Waals surface area contributed by atoms with Crippen molar-refractivity contribution in [2.24, 2.45) is 0 Å². The Balaban J connectivity index is 2.68. The Bertz CT molecular complexity index is 343. The molecule has 18 heavy (non-hydrogen) atoms. The van der Waals surface area contributed by atoms with Crippen LogP contribution in [0.3, 0.4) is 0 Å². The maximum Gasteiger partial charge on any atom is 0.325 e. The predicted octanol–water partition coefficient (Wildman–Crippen LogP) is 0.367. The molecule has 2 N–H and O–H groups in total. The lowest BCUT2D eigenvalue weighted by atomic mass is 10.0. The zero-order chi connectivity index (χ0) is 13.7. The van der Waals surface area contributed by atoms with Gasteiger partial charge in [-0.25, -0.2) is 0 Å². The van der Waals surface area contributed by atoms with Crippen LogP contribution < -0.4 is 5.32 Å². The molecular weight excluding hydrogens is 236 g/mol. The Labute approximate surface area is 106 Å². The average Bonchev–Trinajstić information content (AvgIpc) is 2.37. The van der Waals surface area contributed by atoms with Gasteiger partial charge in [0.05, 0.1) is 0 Å². The van der Waals surface area contributed by atoms with Crippen molar-refractivity contribution >= 4 is 17.8 Å². The summed E-state index contributed by atoms with van der Waals surface area (Å²) in [6, 6.07) is -1.45. The molecule has 0 aliphatic carbocycles. The molecule has 2 atom stereocenters. The molecule has 1 fully saturated rings. The van der Waals surface area contributed by atoms with Crippen molar-refractivity contribution in [3.63, 3.8) is 0 Å². The van der Waals surface area contributed by atoms with Gasteiger partial charge in [0.2, 0.25) is 11.8 Å². The number of hydrogen-bond donors (Lipinski definition) is 2. The van der Waals surface area contributed by atoms with E-state index < -0.39 is 18.1 Å². The first-order chi connectivity index (χ1) is 8.47. The quantitative estimate of drug-likeness (QED) is 0.760. The van der Waals surface area contributed by atoms with Gasteiger partial charge >= 0.3 is 5.97 Å². The third-order valence-electron chi connectivity index (χ3n) is 3.16. The Kier molecular flexibility index (Phi) is 5.12. The molecule has 1 aliphatic rings. The molecule has 0 saturated carbocycles. The second-order valence-electron chi connectivity index (χ2n) is 4.52. The van der Waals surface area contributed by atoms with Crippen LogP contribution in [0.2, 0.25) is 0 Å². The highest BCUT2D eigenvalue weighted by Gasteiger charge is 2.32. The molecule has 0 aromatic heterocycles. The van der Waals surface area contributed by atoms with Gasteiger partial charge in [-0.2, -0.15) is 0 Å². The lowest BCUT2D eigenvalue weighted by Crippen LogP contribution is -2.54. The van der Waals surface area contributed by atoms with E-state index in [1.54, 1.807) is 11.8 Å². The summed E-state index contributed by atoms with van der Waals surface area (Å²) in [7, 11) is 0. The maximum atomic E-state index is 12.0. The van der Waals surface area contributed by atoms with Crippen molar-refractivity contribution in [1.82, 2.24) is 10.2 Å². The molecule has 1 heterocycles. The molecule has 6 heteroatoms. The lowest BCUT2D eigenvalue weighted by Gasteiger charge is -2.35. The average molecular weight is 256 g/mol. The van der Waals surface area contributed by atoms with Gasteiger partial charge in [0.25, 0.3) is 0 Å². The predicted molar refractivity (Wildman–Crippen MR) is 64.9 cm³/mol. The van der Waals surface area contributed by atoms with E-state index in [0.29, 0.717) is 19.4 Å². The van der Waals surface area contributed by atoms with Crippen molar-refractivity contribution < 1.29 is 19.5 Å². The number of carbonyl (C=O) groups is 3. The first kappa shape index (κ1) is 14.5. The maximum absolute atomic E-state index is 12.0. The summed E-state index contributed by atoms with van der Waals surface area (Å²) in [5, 5.41) is 11.2. The molecule has 1 aliphatic heterocycles. The second kappa shape index (κ2) is 6.37. The molecule has 0 aromatic rings. The normalized spacial score (nSPS) is 21.2. The number of aliphatic carboxylic acids is 1. The van der Waals surface area contributed by atoms with Gasteiger partial charge in [0.15, 0.2) is 0 Å². The molecule has 0 aromatic carbocycles. The number of amides is 2. The van der Waals surface area contributed by atoms with E-state index in [2.05, 4.69) is 5.32 Å². The van der Waals surface area contributed by atoms with E-state index in [9.17, 15) is 14.4 Å². The van der Waals surface area contributed by atoms with Crippen LogP contribution in [0.1, 0.15) is 39.5 Å². The van der Waals surface area contributed by atoms with Crippen LogP contribution in [0.15, 0.2) is 0 Å². The smallest absolute Gasteiger partial charge is 0.325 e. The summed E-state index contributed by atoms with van der Waals surface area (Å²) in [6.07, 6.45) is 2.74. The molecule has 0 spiro atoms. The number of likely N-dealkylation sites (tertiary alicyclic amines) is 1. The van der Waals surface area contributed by atoms with Crippen molar-refractivity contribution in [3.05, 3.63) is 0 Å². The summed E-state index contributed by atoms with van der Waals surface area (Å²) in [5.41, 5.74) is 0. The van der Waals surface area contributed by atoms with Crippen molar-refractivity contribution in [1.29, 1.82) is 0 Å². The minimum Gasteiger partial charge on any atom is -0.480 e. The molecule has 6 nitrogen and oxygen atoms in total. The Morgan fingerprint density at radius 2 is 2.06 bits per heavy atom. The van der Waals surface area contributed by atoms with Gasteiger partial charge in [-0.3, -0.25) is 14.4 Å². The molecule has 102 valence electrons.